The number of halogens is 1. The van der Waals surface area contributed by atoms with Gasteiger partial charge in [-0.05, 0) is 61.0 Å². The number of carbonyl (C=O) groups is 1. The van der Waals surface area contributed by atoms with Crippen LogP contribution in [0.3, 0.4) is 0 Å². The number of rotatable bonds is 5. The van der Waals surface area contributed by atoms with Gasteiger partial charge in [-0.3, -0.25) is 9.69 Å². The van der Waals surface area contributed by atoms with Crippen LogP contribution >= 0.6 is 11.6 Å². The van der Waals surface area contributed by atoms with Crippen LogP contribution in [0.2, 0.25) is 5.02 Å². The molecule has 1 spiro atoms. The molecular formula is C22H25ClN2O2. The Bertz CT molecular complexity index is 816. The van der Waals surface area contributed by atoms with Crippen molar-refractivity contribution < 1.29 is 9.90 Å². The molecule has 1 aliphatic carbocycles. The van der Waals surface area contributed by atoms with Gasteiger partial charge in [0.15, 0.2) is 0 Å². The van der Waals surface area contributed by atoms with Crippen LogP contribution < -0.4 is 5.32 Å². The van der Waals surface area contributed by atoms with Crippen molar-refractivity contribution in [3.63, 3.8) is 0 Å². The molecule has 1 saturated carbocycles. The first-order valence-electron chi connectivity index (χ1n) is 9.57. The summed E-state index contributed by atoms with van der Waals surface area (Å²) in [7, 11) is 0. The van der Waals surface area contributed by atoms with Crippen molar-refractivity contribution in [2.24, 2.45) is 11.3 Å². The van der Waals surface area contributed by atoms with Gasteiger partial charge >= 0.3 is 0 Å². The maximum atomic E-state index is 12.5. The summed E-state index contributed by atoms with van der Waals surface area (Å²) in [6, 6.07) is 15.5. The monoisotopic (exact) mass is 384 g/mol. The Balaban J connectivity index is 1.25. The van der Waals surface area contributed by atoms with Crippen LogP contribution in [0.15, 0.2) is 48.5 Å². The van der Waals surface area contributed by atoms with E-state index < -0.39 is 0 Å². The van der Waals surface area contributed by atoms with Gasteiger partial charge < -0.3 is 10.4 Å². The molecule has 1 unspecified atom stereocenters. The zero-order valence-corrected chi connectivity index (χ0v) is 16.1. The summed E-state index contributed by atoms with van der Waals surface area (Å²) >= 11 is 6.00. The molecule has 2 fully saturated rings. The second-order valence-corrected chi connectivity index (χ2v) is 8.29. The predicted molar refractivity (Wildman–Crippen MR) is 106 cm³/mol. The van der Waals surface area contributed by atoms with E-state index in [4.69, 9.17) is 11.6 Å². The lowest BCUT2D eigenvalue weighted by molar-refractivity contribution is -0.123. The van der Waals surface area contributed by atoms with E-state index in [1.807, 2.05) is 42.5 Å². The number of amides is 1. The van der Waals surface area contributed by atoms with Crippen molar-refractivity contribution in [1.29, 1.82) is 0 Å². The molecule has 0 bridgehead atoms. The highest BCUT2D eigenvalue weighted by molar-refractivity contribution is 6.32. The SMILES string of the molecule is O=C(NCc1ccccc1)C1CC12CCN(Cc1ccc(O)c(Cl)c1)CC2. The maximum Gasteiger partial charge on any atom is 0.223 e. The van der Waals surface area contributed by atoms with Crippen molar-refractivity contribution in [3.05, 3.63) is 64.7 Å². The van der Waals surface area contributed by atoms with Crippen LogP contribution in [0.25, 0.3) is 0 Å². The first-order valence-corrected chi connectivity index (χ1v) is 9.95. The number of likely N-dealkylation sites (tertiary alicyclic amines) is 1. The molecule has 0 radical (unpaired) electrons. The molecule has 2 aliphatic rings. The van der Waals surface area contributed by atoms with E-state index in [2.05, 4.69) is 10.2 Å². The summed E-state index contributed by atoms with van der Waals surface area (Å²) in [4.78, 5) is 14.9. The van der Waals surface area contributed by atoms with Crippen LogP contribution in [-0.2, 0) is 17.9 Å². The molecule has 1 atom stereocenters. The first-order chi connectivity index (χ1) is 13.1. The van der Waals surface area contributed by atoms with Gasteiger partial charge in [-0.2, -0.15) is 0 Å². The quantitative estimate of drug-likeness (QED) is 0.820. The highest BCUT2D eigenvalue weighted by Crippen LogP contribution is 2.59. The predicted octanol–water partition coefficient (Wildman–Crippen LogP) is 3.96. The minimum Gasteiger partial charge on any atom is -0.506 e. The van der Waals surface area contributed by atoms with Gasteiger partial charge in [-0.25, -0.2) is 0 Å². The first kappa shape index (κ1) is 18.3. The van der Waals surface area contributed by atoms with E-state index >= 15 is 0 Å². The van der Waals surface area contributed by atoms with Crippen molar-refractivity contribution >= 4 is 17.5 Å². The topological polar surface area (TPSA) is 52.6 Å². The molecular weight excluding hydrogens is 360 g/mol. The van der Waals surface area contributed by atoms with Crippen molar-refractivity contribution in [3.8, 4) is 5.75 Å². The molecule has 1 saturated heterocycles. The van der Waals surface area contributed by atoms with Crippen LogP contribution in [0.5, 0.6) is 5.75 Å². The van der Waals surface area contributed by atoms with Gasteiger partial charge in [0, 0.05) is 19.0 Å². The number of phenols is 1. The average molecular weight is 385 g/mol. The standard InChI is InChI=1S/C22H25ClN2O2/c23-19-12-17(6-7-20(19)26)15-25-10-8-22(9-11-25)13-18(22)21(27)24-14-16-4-2-1-3-5-16/h1-7,12,18,26H,8-11,13-15H2,(H,24,27). The lowest BCUT2D eigenvalue weighted by atomic mass is 9.90. The van der Waals surface area contributed by atoms with Gasteiger partial charge in [0.1, 0.15) is 5.75 Å². The van der Waals surface area contributed by atoms with Crippen LogP contribution in [0.1, 0.15) is 30.4 Å². The molecule has 2 aromatic carbocycles. The van der Waals surface area contributed by atoms with E-state index in [1.54, 1.807) is 6.07 Å². The fraction of sp³-hybridized carbons (Fsp3) is 0.409. The summed E-state index contributed by atoms with van der Waals surface area (Å²) in [6.07, 6.45) is 3.16. The van der Waals surface area contributed by atoms with Crippen LogP contribution in [0, 0.1) is 11.3 Å². The molecule has 4 nitrogen and oxygen atoms in total. The van der Waals surface area contributed by atoms with E-state index in [0.29, 0.717) is 11.6 Å². The number of nitrogens with zero attached hydrogens (tertiary/aromatic N) is 1. The summed E-state index contributed by atoms with van der Waals surface area (Å²) < 4.78 is 0. The Morgan fingerprint density at radius 3 is 2.59 bits per heavy atom. The molecule has 2 N–H and O–H groups in total. The van der Waals surface area contributed by atoms with Crippen LogP contribution in [0.4, 0.5) is 0 Å². The normalized spacial score (nSPS) is 21.1. The molecule has 4 rings (SSSR count). The lowest BCUT2D eigenvalue weighted by Crippen LogP contribution is -2.36. The zero-order chi connectivity index (χ0) is 18.9. The van der Waals surface area contributed by atoms with Gasteiger partial charge in [-0.15, -0.1) is 0 Å². The Labute approximate surface area is 165 Å². The van der Waals surface area contributed by atoms with E-state index in [-0.39, 0.29) is 23.0 Å². The second-order valence-electron chi connectivity index (χ2n) is 7.88. The third-order valence-corrected chi connectivity index (χ3v) is 6.39. The smallest absolute Gasteiger partial charge is 0.223 e. The van der Waals surface area contributed by atoms with E-state index in [9.17, 15) is 9.90 Å². The highest BCUT2D eigenvalue weighted by Gasteiger charge is 2.58. The number of nitrogens with one attached hydrogen (secondary N) is 1. The van der Waals surface area contributed by atoms with Crippen molar-refractivity contribution in [2.45, 2.75) is 32.4 Å². The molecule has 1 heterocycles. The Kier molecular flexibility index (Phi) is 5.11. The minimum atomic E-state index is 0.125. The summed E-state index contributed by atoms with van der Waals surface area (Å²) in [5.74, 6) is 0.504. The molecule has 1 amide bonds. The molecule has 27 heavy (non-hydrogen) atoms. The Morgan fingerprint density at radius 2 is 1.89 bits per heavy atom. The number of benzene rings is 2. The fourth-order valence-electron chi connectivity index (χ4n) is 4.24. The molecule has 142 valence electrons. The third kappa shape index (κ3) is 4.12. The fourth-order valence-corrected chi connectivity index (χ4v) is 4.45. The number of phenolic OH excluding ortho intramolecular Hbond substituents is 1. The zero-order valence-electron chi connectivity index (χ0n) is 15.3. The lowest BCUT2D eigenvalue weighted by Gasteiger charge is -2.32. The number of piperidine rings is 1. The third-order valence-electron chi connectivity index (χ3n) is 6.09. The van der Waals surface area contributed by atoms with Gasteiger partial charge in [0.2, 0.25) is 5.91 Å². The number of carbonyl (C=O) groups excluding carboxylic acids is 1. The molecule has 1 aliphatic heterocycles. The minimum absolute atomic E-state index is 0.125. The van der Waals surface area contributed by atoms with Gasteiger partial charge in [-0.1, -0.05) is 48.0 Å². The summed E-state index contributed by atoms with van der Waals surface area (Å²) in [5, 5.41) is 13.0. The van der Waals surface area contributed by atoms with Gasteiger partial charge in [0.25, 0.3) is 0 Å². The summed E-state index contributed by atoms with van der Waals surface area (Å²) in [5.41, 5.74) is 2.47. The molecule has 2 aromatic rings. The highest BCUT2D eigenvalue weighted by atomic mass is 35.5. The maximum absolute atomic E-state index is 12.5. The largest absolute Gasteiger partial charge is 0.506 e. The average Bonchev–Trinajstić information content (AvgIpc) is 3.39. The van der Waals surface area contributed by atoms with Crippen molar-refractivity contribution in [1.82, 2.24) is 10.2 Å². The van der Waals surface area contributed by atoms with E-state index in [0.717, 1.165) is 50.0 Å². The molecule has 5 heteroatoms. The summed E-state index contributed by atoms with van der Waals surface area (Å²) in [6.45, 7) is 3.45. The number of hydrogen-bond donors (Lipinski definition) is 2. The Hall–Kier alpha value is -2.04. The van der Waals surface area contributed by atoms with E-state index in [1.165, 1.54) is 0 Å². The van der Waals surface area contributed by atoms with Crippen molar-refractivity contribution in [2.75, 3.05) is 13.1 Å². The van der Waals surface area contributed by atoms with Crippen LogP contribution in [-0.4, -0.2) is 29.0 Å². The molecule has 0 aromatic heterocycles. The second kappa shape index (κ2) is 7.53. The number of aromatic hydroxyl groups is 1. The Morgan fingerprint density at radius 1 is 1.15 bits per heavy atom. The number of hydrogen-bond acceptors (Lipinski definition) is 3. The van der Waals surface area contributed by atoms with Gasteiger partial charge in [0.05, 0.1) is 5.02 Å².